The van der Waals surface area contributed by atoms with Gasteiger partial charge in [0.1, 0.15) is 0 Å². The first-order valence-corrected chi connectivity index (χ1v) is 7.27. The van der Waals surface area contributed by atoms with E-state index < -0.39 is 0 Å². The van der Waals surface area contributed by atoms with E-state index in [0.717, 1.165) is 22.9 Å². The van der Waals surface area contributed by atoms with E-state index in [9.17, 15) is 0 Å². The van der Waals surface area contributed by atoms with E-state index >= 15 is 0 Å². The molecule has 1 saturated carbocycles. The summed E-state index contributed by atoms with van der Waals surface area (Å²) in [6, 6.07) is 6.42. The molecule has 0 aromatic heterocycles. The summed E-state index contributed by atoms with van der Waals surface area (Å²) in [5, 5.41) is 0.769. The topological polar surface area (TPSA) is 29.3 Å². The highest BCUT2D eigenvalue weighted by Crippen LogP contribution is 2.34. The minimum atomic E-state index is 0.629. The van der Waals surface area contributed by atoms with Crippen molar-refractivity contribution in [3.05, 3.63) is 23.2 Å². The molecule has 2 nitrogen and oxygen atoms in total. The Hall–Kier alpha value is -0.890. The fourth-order valence-electron chi connectivity index (χ4n) is 2.82. The first kappa shape index (κ1) is 13.5. The van der Waals surface area contributed by atoms with Crippen molar-refractivity contribution in [1.82, 2.24) is 0 Å². The van der Waals surface area contributed by atoms with Crippen LogP contribution >= 0.6 is 11.6 Å². The lowest BCUT2D eigenvalue weighted by Crippen LogP contribution is -2.36. The Kier molecular flexibility index (Phi) is 4.39. The number of halogens is 1. The van der Waals surface area contributed by atoms with Crippen molar-refractivity contribution < 1.29 is 0 Å². The van der Waals surface area contributed by atoms with Crippen LogP contribution in [0.2, 0.25) is 5.02 Å². The number of nitrogens with zero attached hydrogens (tertiary/aromatic N) is 1. The van der Waals surface area contributed by atoms with Gasteiger partial charge in [0.2, 0.25) is 0 Å². The molecule has 2 rings (SSSR count). The van der Waals surface area contributed by atoms with Crippen molar-refractivity contribution in [1.29, 1.82) is 0 Å². The molecular weight excluding hydrogens is 244 g/mol. The van der Waals surface area contributed by atoms with Crippen molar-refractivity contribution in [2.45, 2.75) is 45.6 Å². The molecule has 0 spiro atoms. The number of rotatable bonds is 4. The smallest absolute Gasteiger partial charge is 0.0617 e. The third kappa shape index (κ3) is 3.11. The van der Waals surface area contributed by atoms with Crippen molar-refractivity contribution in [3.63, 3.8) is 0 Å². The second kappa shape index (κ2) is 5.83. The van der Waals surface area contributed by atoms with Crippen LogP contribution in [0.1, 0.15) is 39.5 Å². The Morgan fingerprint density at radius 3 is 2.61 bits per heavy atom. The highest BCUT2D eigenvalue weighted by Gasteiger charge is 2.24. The maximum atomic E-state index is 6.13. The summed E-state index contributed by atoms with van der Waals surface area (Å²) >= 11 is 6.12. The van der Waals surface area contributed by atoms with E-state index in [4.69, 9.17) is 17.3 Å². The second-order valence-corrected chi connectivity index (χ2v) is 6.12. The zero-order chi connectivity index (χ0) is 13.1. The molecule has 2 N–H and O–H groups in total. The zero-order valence-electron chi connectivity index (χ0n) is 11.3. The van der Waals surface area contributed by atoms with Gasteiger partial charge in [0.25, 0.3) is 0 Å². The number of nitrogen functional groups attached to an aromatic ring is 1. The van der Waals surface area contributed by atoms with E-state index in [2.05, 4.69) is 18.7 Å². The standard InChI is InChI=1S/C15H23ClN2/c1-11(2)10-18(13-5-3-4-6-13)15-9-12(16)7-8-14(15)17/h7-9,11,13H,3-6,10,17H2,1-2H3. The molecule has 1 aliphatic rings. The molecule has 0 amide bonds. The predicted molar refractivity (Wildman–Crippen MR) is 80.3 cm³/mol. The van der Waals surface area contributed by atoms with Gasteiger partial charge in [-0.3, -0.25) is 0 Å². The molecule has 0 atom stereocenters. The van der Waals surface area contributed by atoms with E-state index in [0.29, 0.717) is 12.0 Å². The van der Waals surface area contributed by atoms with Gasteiger partial charge in [0, 0.05) is 17.6 Å². The molecular formula is C15H23ClN2. The third-order valence-corrected chi connectivity index (χ3v) is 3.86. The fraction of sp³-hybridized carbons (Fsp3) is 0.600. The highest BCUT2D eigenvalue weighted by atomic mass is 35.5. The van der Waals surface area contributed by atoms with Crippen LogP contribution in [0.3, 0.4) is 0 Å². The predicted octanol–water partition coefficient (Wildman–Crippen LogP) is 4.33. The summed E-state index contributed by atoms with van der Waals surface area (Å²) in [6.45, 7) is 5.56. The zero-order valence-corrected chi connectivity index (χ0v) is 12.1. The molecule has 18 heavy (non-hydrogen) atoms. The van der Waals surface area contributed by atoms with Gasteiger partial charge in [0.15, 0.2) is 0 Å². The normalized spacial score (nSPS) is 16.4. The summed E-state index contributed by atoms with van der Waals surface area (Å²) in [5.74, 6) is 0.629. The Labute approximate surface area is 115 Å². The number of anilines is 2. The lowest BCUT2D eigenvalue weighted by atomic mass is 10.1. The number of benzene rings is 1. The number of nitrogens with two attached hydrogens (primary N) is 1. The van der Waals surface area contributed by atoms with Crippen LogP contribution in [-0.2, 0) is 0 Å². The van der Waals surface area contributed by atoms with Crippen molar-refractivity contribution in [3.8, 4) is 0 Å². The number of hydrogen-bond donors (Lipinski definition) is 1. The van der Waals surface area contributed by atoms with Crippen LogP contribution in [0.5, 0.6) is 0 Å². The van der Waals surface area contributed by atoms with Crippen LogP contribution in [0, 0.1) is 5.92 Å². The summed E-state index contributed by atoms with van der Waals surface area (Å²) in [4.78, 5) is 2.47. The van der Waals surface area contributed by atoms with Crippen LogP contribution in [0.25, 0.3) is 0 Å². The SMILES string of the molecule is CC(C)CN(c1cc(Cl)ccc1N)C1CCCC1. The molecule has 3 heteroatoms. The quantitative estimate of drug-likeness (QED) is 0.822. The molecule has 1 fully saturated rings. The van der Waals surface area contributed by atoms with E-state index in [-0.39, 0.29) is 0 Å². The monoisotopic (exact) mass is 266 g/mol. The van der Waals surface area contributed by atoms with Gasteiger partial charge in [-0.15, -0.1) is 0 Å². The summed E-state index contributed by atoms with van der Waals surface area (Å²) in [5.41, 5.74) is 8.09. The molecule has 0 bridgehead atoms. The molecule has 0 aliphatic heterocycles. The van der Waals surface area contributed by atoms with E-state index in [1.807, 2.05) is 18.2 Å². The van der Waals surface area contributed by atoms with Crippen molar-refractivity contribution in [2.24, 2.45) is 5.92 Å². The Morgan fingerprint density at radius 2 is 2.00 bits per heavy atom. The Balaban J connectivity index is 2.29. The van der Waals surface area contributed by atoms with Crippen LogP contribution in [0.4, 0.5) is 11.4 Å². The molecule has 1 aliphatic carbocycles. The second-order valence-electron chi connectivity index (χ2n) is 5.69. The van der Waals surface area contributed by atoms with Gasteiger partial charge < -0.3 is 10.6 Å². The third-order valence-electron chi connectivity index (χ3n) is 3.63. The minimum Gasteiger partial charge on any atom is -0.397 e. The fourth-order valence-corrected chi connectivity index (χ4v) is 2.99. The Bertz CT molecular complexity index is 397. The van der Waals surface area contributed by atoms with Gasteiger partial charge >= 0.3 is 0 Å². The molecule has 0 unspecified atom stereocenters. The van der Waals surface area contributed by atoms with Crippen LogP contribution in [0.15, 0.2) is 18.2 Å². The minimum absolute atomic E-state index is 0.629. The first-order chi connectivity index (χ1) is 8.58. The average molecular weight is 267 g/mol. The first-order valence-electron chi connectivity index (χ1n) is 6.89. The van der Waals surface area contributed by atoms with E-state index in [1.165, 1.54) is 25.7 Å². The Morgan fingerprint density at radius 1 is 1.33 bits per heavy atom. The van der Waals surface area contributed by atoms with Gasteiger partial charge in [-0.05, 0) is 37.0 Å². The molecule has 0 radical (unpaired) electrons. The highest BCUT2D eigenvalue weighted by molar-refractivity contribution is 6.31. The van der Waals surface area contributed by atoms with Crippen LogP contribution < -0.4 is 10.6 Å². The largest absolute Gasteiger partial charge is 0.397 e. The molecule has 0 saturated heterocycles. The number of hydrogen-bond acceptors (Lipinski definition) is 2. The van der Waals surface area contributed by atoms with E-state index in [1.54, 1.807) is 0 Å². The lowest BCUT2D eigenvalue weighted by molar-refractivity contribution is 0.536. The molecule has 1 aromatic carbocycles. The van der Waals surface area contributed by atoms with Gasteiger partial charge in [0.05, 0.1) is 11.4 Å². The van der Waals surface area contributed by atoms with Crippen molar-refractivity contribution >= 4 is 23.0 Å². The summed E-state index contributed by atoms with van der Waals surface area (Å²) < 4.78 is 0. The summed E-state index contributed by atoms with van der Waals surface area (Å²) in [7, 11) is 0. The average Bonchev–Trinajstić information content (AvgIpc) is 2.82. The van der Waals surface area contributed by atoms with Gasteiger partial charge in [-0.25, -0.2) is 0 Å². The van der Waals surface area contributed by atoms with Gasteiger partial charge in [-0.1, -0.05) is 38.3 Å². The van der Waals surface area contributed by atoms with Crippen molar-refractivity contribution in [2.75, 3.05) is 17.2 Å². The maximum absolute atomic E-state index is 6.13. The molecule has 1 aromatic rings. The van der Waals surface area contributed by atoms with Gasteiger partial charge in [-0.2, -0.15) is 0 Å². The van der Waals surface area contributed by atoms with Crippen LogP contribution in [-0.4, -0.2) is 12.6 Å². The summed E-state index contributed by atoms with van der Waals surface area (Å²) in [6.07, 6.45) is 5.22. The maximum Gasteiger partial charge on any atom is 0.0617 e. The molecule has 0 heterocycles. The molecule has 100 valence electrons. The lowest BCUT2D eigenvalue weighted by Gasteiger charge is -2.33.